The number of rotatable bonds is 3. The van der Waals surface area contributed by atoms with E-state index in [1.165, 1.54) is 38.4 Å². The Hall–Kier alpha value is -1.62. The molecule has 1 N–H and O–H groups in total. The first-order chi connectivity index (χ1) is 10.0. The minimum Gasteiger partial charge on any atom is -0.464 e. The molecule has 5 nitrogen and oxygen atoms in total. The van der Waals surface area contributed by atoms with Gasteiger partial charge < -0.3 is 15.0 Å². The van der Waals surface area contributed by atoms with Crippen LogP contribution in [0.25, 0.3) is 0 Å². The Balaban J connectivity index is 1.91. The van der Waals surface area contributed by atoms with Gasteiger partial charge in [0.2, 0.25) is 0 Å². The van der Waals surface area contributed by atoms with E-state index in [1.54, 1.807) is 6.07 Å². The molecule has 2 aliphatic rings. The average molecular weight is 289 g/mol. The second kappa shape index (κ2) is 5.30. The fraction of sp³-hybridized carbons (Fsp3) is 0.625. The van der Waals surface area contributed by atoms with Crippen LogP contribution in [0.3, 0.4) is 0 Å². The molecular weight excluding hydrogens is 266 g/mol. The Morgan fingerprint density at radius 1 is 1.38 bits per heavy atom. The van der Waals surface area contributed by atoms with Crippen LogP contribution in [0.1, 0.15) is 47.8 Å². The fourth-order valence-electron chi connectivity index (χ4n) is 3.28. The van der Waals surface area contributed by atoms with E-state index >= 15 is 0 Å². The fourth-order valence-corrected chi connectivity index (χ4v) is 3.28. The third-order valence-electron chi connectivity index (χ3n) is 4.74. The number of methoxy groups -OCH3 is 1. The molecule has 1 spiro atoms. The van der Waals surface area contributed by atoms with Gasteiger partial charge in [0.1, 0.15) is 5.82 Å². The number of nitrogens with zero attached hydrogens (tertiary/aromatic N) is 2. The molecule has 2 fully saturated rings. The SMILES string of the molecule is COC(=O)c1ccc(C2CC3(CCN2)CC3)c(N(C)C)n1. The Morgan fingerprint density at radius 3 is 2.76 bits per heavy atom. The van der Waals surface area contributed by atoms with E-state index in [1.807, 2.05) is 25.1 Å². The van der Waals surface area contributed by atoms with E-state index in [-0.39, 0.29) is 5.97 Å². The number of hydrogen-bond acceptors (Lipinski definition) is 5. The molecule has 5 heteroatoms. The molecule has 1 aliphatic carbocycles. The Labute approximate surface area is 125 Å². The summed E-state index contributed by atoms with van der Waals surface area (Å²) in [5, 5.41) is 3.61. The summed E-state index contributed by atoms with van der Waals surface area (Å²) in [6, 6.07) is 4.12. The van der Waals surface area contributed by atoms with Crippen molar-refractivity contribution in [3.8, 4) is 0 Å². The third-order valence-corrected chi connectivity index (χ3v) is 4.74. The molecule has 1 aliphatic heterocycles. The van der Waals surface area contributed by atoms with Gasteiger partial charge in [-0.1, -0.05) is 6.07 Å². The van der Waals surface area contributed by atoms with Crippen LogP contribution < -0.4 is 10.2 Å². The van der Waals surface area contributed by atoms with E-state index in [2.05, 4.69) is 10.3 Å². The van der Waals surface area contributed by atoms with Crippen LogP contribution in [0.5, 0.6) is 0 Å². The summed E-state index contributed by atoms with van der Waals surface area (Å²) in [7, 11) is 5.30. The van der Waals surface area contributed by atoms with Crippen molar-refractivity contribution in [3.05, 3.63) is 23.4 Å². The highest BCUT2D eigenvalue weighted by Gasteiger charge is 2.46. The minimum absolute atomic E-state index is 0.331. The Morgan fingerprint density at radius 2 is 2.14 bits per heavy atom. The van der Waals surface area contributed by atoms with Gasteiger partial charge in [-0.2, -0.15) is 0 Å². The van der Waals surface area contributed by atoms with Gasteiger partial charge >= 0.3 is 5.97 Å². The van der Waals surface area contributed by atoms with Crippen molar-refractivity contribution in [1.82, 2.24) is 10.3 Å². The molecule has 2 heterocycles. The molecule has 0 radical (unpaired) electrons. The van der Waals surface area contributed by atoms with Crippen molar-refractivity contribution < 1.29 is 9.53 Å². The van der Waals surface area contributed by atoms with E-state index in [0.717, 1.165) is 12.4 Å². The van der Waals surface area contributed by atoms with Crippen LogP contribution in [0.4, 0.5) is 5.82 Å². The van der Waals surface area contributed by atoms with Crippen LogP contribution in [-0.4, -0.2) is 38.7 Å². The van der Waals surface area contributed by atoms with Gasteiger partial charge in [-0.3, -0.25) is 0 Å². The molecular formula is C16H23N3O2. The van der Waals surface area contributed by atoms with Crippen molar-refractivity contribution in [2.24, 2.45) is 5.41 Å². The lowest BCUT2D eigenvalue weighted by Crippen LogP contribution is -2.34. The molecule has 0 aromatic carbocycles. The van der Waals surface area contributed by atoms with Gasteiger partial charge in [0.05, 0.1) is 7.11 Å². The van der Waals surface area contributed by atoms with Crippen LogP contribution >= 0.6 is 0 Å². The molecule has 0 bridgehead atoms. The molecule has 114 valence electrons. The zero-order valence-corrected chi connectivity index (χ0v) is 13.0. The molecule has 3 rings (SSSR count). The van der Waals surface area contributed by atoms with Crippen LogP contribution in [0.2, 0.25) is 0 Å². The van der Waals surface area contributed by atoms with Crippen molar-refractivity contribution >= 4 is 11.8 Å². The molecule has 1 atom stereocenters. The van der Waals surface area contributed by atoms with Crippen molar-refractivity contribution in [2.75, 3.05) is 32.6 Å². The number of aromatic nitrogens is 1. The monoisotopic (exact) mass is 289 g/mol. The lowest BCUT2D eigenvalue weighted by atomic mass is 9.86. The van der Waals surface area contributed by atoms with E-state index in [4.69, 9.17) is 4.74 Å². The van der Waals surface area contributed by atoms with Gasteiger partial charge in [-0.15, -0.1) is 0 Å². The number of esters is 1. The number of hydrogen-bond donors (Lipinski definition) is 1. The van der Waals surface area contributed by atoms with E-state index in [9.17, 15) is 4.79 Å². The number of pyridine rings is 1. The molecule has 21 heavy (non-hydrogen) atoms. The maximum Gasteiger partial charge on any atom is 0.356 e. The number of piperidine rings is 1. The smallest absolute Gasteiger partial charge is 0.356 e. The van der Waals surface area contributed by atoms with E-state index in [0.29, 0.717) is 17.2 Å². The summed E-state index contributed by atoms with van der Waals surface area (Å²) < 4.78 is 4.76. The maximum atomic E-state index is 11.7. The zero-order valence-electron chi connectivity index (χ0n) is 13.0. The molecule has 1 unspecified atom stereocenters. The van der Waals surface area contributed by atoms with Crippen molar-refractivity contribution in [2.45, 2.75) is 31.7 Å². The first-order valence-corrected chi connectivity index (χ1v) is 7.55. The van der Waals surface area contributed by atoms with Gasteiger partial charge in [0.15, 0.2) is 5.69 Å². The van der Waals surface area contributed by atoms with Gasteiger partial charge in [-0.25, -0.2) is 9.78 Å². The largest absolute Gasteiger partial charge is 0.464 e. The van der Waals surface area contributed by atoms with E-state index < -0.39 is 0 Å². The molecule has 1 saturated heterocycles. The predicted octanol–water partition coefficient (Wildman–Crippen LogP) is 2.14. The van der Waals surface area contributed by atoms with Crippen LogP contribution in [-0.2, 0) is 4.74 Å². The summed E-state index contributed by atoms with van der Waals surface area (Å²) >= 11 is 0. The van der Waals surface area contributed by atoms with Gasteiger partial charge in [0, 0.05) is 25.7 Å². The normalized spacial score (nSPS) is 22.9. The summed E-state index contributed by atoms with van der Waals surface area (Å²) in [6.45, 7) is 1.07. The average Bonchev–Trinajstić information content (AvgIpc) is 3.24. The first kappa shape index (κ1) is 14.3. The third kappa shape index (κ3) is 2.75. The second-order valence-corrected chi connectivity index (χ2v) is 6.46. The second-order valence-electron chi connectivity index (χ2n) is 6.46. The summed E-state index contributed by atoms with van der Waals surface area (Å²) in [5.41, 5.74) is 2.11. The summed E-state index contributed by atoms with van der Waals surface area (Å²) in [4.78, 5) is 18.1. The predicted molar refractivity (Wildman–Crippen MR) is 81.5 cm³/mol. The highest BCUT2D eigenvalue weighted by atomic mass is 16.5. The topological polar surface area (TPSA) is 54.5 Å². The minimum atomic E-state index is -0.389. The standard InChI is InChI=1S/C16H23N3O2/c1-19(2)14-11(4-5-12(18-14)15(20)21-3)13-10-16(6-7-16)8-9-17-13/h4-5,13,17H,6-10H2,1-3H3. The number of anilines is 1. The Kier molecular flexibility index (Phi) is 3.61. The molecule has 1 aromatic heterocycles. The molecule has 1 saturated carbocycles. The Bertz CT molecular complexity index is 552. The zero-order chi connectivity index (χ0) is 15.0. The molecule has 1 aromatic rings. The first-order valence-electron chi connectivity index (χ1n) is 7.55. The lowest BCUT2D eigenvalue weighted by Gasteiger charge is -2.32. The quantitative estimate of drug-likeness (QED) is 0.864. The number of ether oxygens (including phenoxy) is 1. The van der Waals surface area contributed by atoms with Crippen LogP contribution in [0, 0.1) is 5.41 Å². The van der Waals surface area contributed by atoms with Gasteiger partial charge in [0.25, 0.3) is 0 Å². The summed E-state index contributed by atoms with van der Waals surface area (Å²) in [5.74, 6) is 0.466. The van der Waals surface area contributed by atoms with Crippen molar-refractivity contribution in [1.29, 1.82) is 0 Å². The van der Waals surface area contributed by atoms with Crippen LogP contribution in [0.15, 0.2) is 12.1 Å². The number of nitrogens with one attached hydrogen (secondary N) is 1. The summed E-state index contributed by atoms with van der Waals surface area (Å²) in [6.07, 6.45) is 5.17. The number of carbonyl (C=O) groups is 1. The lowest BCUT2D eigenvalue weighted by molar-refractivity contribution is 0.0594. The highest BCUT2D eigenvalue weighted by Crippen LogP contribution is 2.56. The number of carbonyl (C=O) groups excluding carboxylic acids is 1. The van der Waals surface area contributed by atoms with Crippen molar-refractivity contribution in [3.63, 3.8) is 0 Å². The molecule has 0 amide bonds. The highest BCUT2D eigenvalue weighted by molar-refractivity contribution is 5.87. The van der Waals surface area contributed by atoms with Gasteiger partial charge in [-0.05, 0) is 43.7 Å². The maximum absolute atomic E-state index is 11.7.